The van der Waals surface area contributed by atoms with Crippen LogP contribution in [0.25, 0.3) is 0 Å². The third-order valence-corrected chi connectivity index (χ3v) is 5.77. The molecule has 1 heterocycles. The minimum Gasteiger partial charge on any atom is -0.495 e. The zero-order chi connectivity index (χ0) is 22.2. The van der Waals surface area contributed by atoms with E-state index in [1.54, 1.807) is 36.3 Å². The van der Waals surface area contributed by atoms with Gasteiger partial charge in [0.05, 0.1) is 39.0 Å². The molecule has 1 fully saturated rings. The number of carbonyl (C=O) groups is 2. The number of hydrogen-bond acceptors (Lipinski definition) is 4. The van der Waals surface area contributed by atoms with Gasteiger partial charge in [0.2, 0.25) is 0 Å². The van der Waals surface area contributed by atoms with Gasteiger partial charge in [-0.15, -0.1) is 0 Å². The third-order valence-electron chi connectivity index (χ3n) is 5.77. The first-order valence-electron chi connectivity index (χ1n) is 11.0. The maximum absolute atomic E-state index is 12.5. The van der Waals surface area contributed by atoms with E-state index < -0.39 is 0 Å². The highest BCUT2D eigenvalue weighted by Crippen LogP contribution is 2.27. The highest BCUT2D eigenvalue weighted by atomic mass is 16.5. The van der Waals surface area contributed by atoms with Crippen molar-refractivity contribution in [3.8, 4) is 5.75 Å². The molecule has 2 aromatic carbocycles. The van der Waals surface area contributed by atoms with Crippen LogP contribution >= 0.6 is 0 Å². The third kappa shape index (κ3) is 5.76. The zero-order valence-corrected chi connectivity index (χ0v) is 18.7. The van der Waals surface area contributed by atoms with Gasteiger partial charge in [-0.05, 0) is 50.2 Å². The molecule has 2 aromatic rings. The van der Waals surface area contributed by atoms with Crippen molar-refractivity contribution in [3.05, 3.63) is 54.1 Å². The molecule has 166 valence electrons. The highest BCUT2D eigenvalue weighted by Gasteiger charge is 2.24. The van der Waals surface area contributed by atoms with E-state index in [1.807, 2.05) is 32.0 Å². The summed E-state index contributed by atoms with van der Waals surface area (Å²) >= 11 is 0. The molecule has 0 unspecified atom stereocenters. The Morgan fingerprint density at radius 2 is 1.68 bits per heavy atom. The van der Waals surface area contributed by atoms with Crippen LogP contribution in [0.2, 0.25) is 0 Å². The van der Waals surface area contributed by atoms with Gasteiger partial charge in [-0.1, -0.05) is 12.1 Å². The van der Waals surface area contributed by atoms with Crippen LogP contribution in [0.1, 0.15) is 24.2 Å². The second-order valence-corrected chi connectivity index (χ2v) is 7.69. The number of piperazine rings is 1. The van der Waals surface area contributed by atoms with Crippen molar-refractivity contribution in [3.63, 3.8) is 0 Å². The summed E-state index contributed by atoms with van der Waals surface area (Å²) in [5, 5.41) is 2.96. The molecule has 0 spiro atoms. The summed E-state index contributed by atoms with van der Waals surface area (Å²) in [5.74, 6) is 0.885. The van der Waals surface area contributed by atoms with Crippen molar-refractivity contribution in [1.29, 1.82) is 0 Å². The van der Waals surface area contributed by atoms with Crippen molar-refractivity contribution in [2.45, 2.75) is 13.8 Å². The van der Waals surface area contributed by atoms with Crippen LogP contribution in [-0.4, -0.2) is 69.6 Å². The van der Waals surface area contributed by atoms with Gasteiger partial charge in [0.25, 0.3) is 11.8 Å². The summed E-state index contributed by atoms with van der Waals surface area (Å²) in [7, 11) is 1.69. The van der Waals surface area contributed by atoms with Gasteiger partial charge in [0, 0.05) is 24.3 Å². The molecule has 0 bridgehead atoms. The van der Waals surface area contributed by atoms with E-state index in [0.29, 0.717) is 30.9 Å². The summed E-state index contributed by atoms with van der Waals surface area (Å²) in [6, 6.07) is 15.2. The second kappa shape index (κ2) is 10.8. The lowest BCUT2D eigenvalue weighted by molar-refractivity contribution is -0.892. The second-order valence-electron chi connectivity index (χ2n) is 7.69. The molecular weight excluding hydrogens is 392 g/mol. The molecular formula is C24H33N4O3+. The minimum absolute atomic E-state index is 0.0106. The molecule has 2 N–H and O–H groups in total. The lowest BCUT2D eigenvalue weighted by Gasteiger charge is -2.34. The normalized spacial score (nSPS) is 14.2. The van der Waals surface area contributed by atoms with Crippen molar-refractivity contribution in [2.24, 2.45) is 0 Å². The van der Waals surface area contributed by atoms with Crippen molar-refractivity contribution in [1.82, 2.24) is 4.90 Å². The average Bonchev–Trinajstić information content (AvgIpc) is 2.80. The number of para-hydroxylation sites is 2. The van der Waals surface area contributed by atoms with E-state index in [2.05, 4.69) is 16.3 Å². The molecule has 2 amide bonds. The molecule has 1 saturated heterocycles. The lowest BCUT2D eigenvalue weighted by atomic mass is 10.1. The van der Waals surface area contributed by atoms with E-state index in [4.69, 9.17) is 4.74 Å². The molecule has 0 radical (unpaired) electrons. The number of nitrogens with zero attached hydrogens (tertiary/aromatic N) is 2. The number of ether oxygens (including phenoxy) is 1. The Kier molecular flexibility index (Phi) is 7.89. The van der Waals surface area contributed by atoms with Crippen LogP contribution in [0, 0.1) is 0 Å². The van der Waals surface area contributed by atoms with Gasteiger partial charge >= 0.3 is 0 Å². The quantitative estimate of drug-likeness (QED) is 0.673. The van der Waals surface area contributed by atoms with Crippen LogP contribution in [0.4, 0.5) is 11.4 Å². The van der Waals surface area contributed by atoms with Gasteiger partial charge in [-0.2, -0.15) is 0 Å². The molecule has 7 nitrogen and oxygen atoms in total. The predicted octanol–water partition coefficient (Wildman–Crippen LogP) is 1.52. The van der Waals surface area contributed by atoms with Gasteiger partial charge in [-0.25, -0.2) is 0 Å². The molecule has 0 saturated carbocycles. The molecule has 7 heteroatoms. The van der Waals surface area contributed by atoms with Crippen LogP contribution in [0.15, 0.2) is 48.5 Å². The molecule has 0 atom stereocenters. The highest BCUT2D eigenvalue weighted by molar-refractivity contribution is 5.96. The number of amides is 2. The first-order valence-corrected chi connectivity index (χ1v) is 11.0. The maximum atomic E-state index is 12.5. The Morgan fingerprint density at radius 3 is 2.29 bits per heavy atom. The Hall–Kier alpha value is -3.06. The summed E-state index contributed by atoms with van der Waals surface area (Å²) in [6.45, 7) is 9.27. The number of benzene rings is 2. The Balaban J connectivity index is 1.49. The average molecular weight is 426 g/mol. The fourth-order valence-corrected chi connectivity index (χ4v) is 3.95. The van der Waals surface area contributed by atoms with Crippen LogP contribution in [0.3, 0.4) is 0 Å². The van der Waals surface area contributed by atoms with Gasteiger partial charge in [0.15, 0.2) is 6.54 Å². The number of nitrogens with one attached hydrogen (secondary N) is 2. The smallest absolute Gasteiger partial charge is 0.279 e. The summed E-state index contributed by atoms with van der Waals surface area (Å²) in [6.07, 6.45) is 0. The van der Waals surface area contributed by atoms with E-state index in [-0.39, 0.29) is 11.8 Å². The van der Waals surface area contributed by atoms with Crippen LogP contribution in [0.5, 0.6) is 5.75 Å². The summed E-state index contributed by atoms with van der Waals surface area (Å²) in [5.41, 5.74) is 2.46. The predicted molar refractivity (Wildman–Crippen MR) is 123 cm³/mol. The van der Waals surface area contributed by atoms with Gasteiger partial charge in [-0.3, -0.25) is 9.59 Å². The SMILES string of the molecule is CCN(CC)C(=O)c1ccc(NC(=O)C[NH+]2CCN(c3ccccc3OC)CC2)cc1. The number of hydrogen-bond donors (Lipinski definition) is 2. The Morgan fingerprint density at radius 1 is 1.03 bits per heavy atom. The summed E-state index contributed by atoms with van der Waals surface area (Å²) in [4.78, 5) is 30.3. The topological polar surface area (TPSA) is 66.3 Å². The van der Waals surface area contributed by atoms with Gasteiger partial charge in [0.1, 0.15) is 5.75 Å². The standard InChI is InChI=1S/C24H32N4O3/c1-4-27(5-2)24(30)19-10-12-20(13-11-19)25-23(29)18-26-14-16-28(17-15-26)21-8-6-7-9-22(21)31-3/h6-13H,4-5,14-18H2,1-3H3,(H,25,29)/p+1. The first-order chi connectivity index (χ1) is 15.0. The minimum atomic E-state index is -0.0106. The van der Waals surface area contributed by atoms with E-state index in [0.717, 1.165) is 37.6 Å². The fraction of sp³-hybridized carbons (Fsp3) is 0.417. The monoisotopic (exact) mass is 425 g/mol. The molecule has 3 rings (SSSR count). The number of anilines is 2. The number of rotatable bonds is 8. The van der Waals surface area contributed by atoms with Crippen molar-refractivity contribution < 1.29 is 19.2 Å². The first kappa shape index (κ1) is 22.6. The van der Waals surface area contributed by atoms with Crippen molar-refractivity contribution >= 4 is 23.2 Å². The van der Waals surface area contributed by atoms with Crippen LogP contribution in [-0.2, 0) is 4.79 Å². The summed E-state index contributed by atoms with van der Waals surface area (Å²) < 4.78 is 5.47. The van der Waals surface area contributed by atoms with E-state index in [9.17, 15) is 9.59 Å². The maximum Gasteiger partial charge on any atom is 0.279 e. The number of methoxy groups -OCH3 is 1. The molecule has 1 aliphatic rings. The molecule has 0 aromatic heterocycles. The molecule has 1 aliphatic heterocycles. The Bertz CT molecular complexity index is 873. The molecule has 31 heavy (non-hydrogen) atoms. The lowest BCUT2D eigenvalue weighted by Crippen LogP contribution is -3.15. The van der Waals surface area contributed by atoms with Gasteiger partial charge < -0.3 is 24.8 Å². The molecule has 0 aliphatic carbocycles. The fourth-order valence-electron chi connectivity index (χ4n) is 3.95. The van der Waals surface area contributed by atoms with Crippen LogP contribution < -0.4 is 19.9 Å². The Labute approximate surface area is 184 Å². The largest absolute Gasteiger partial charge is 0.495 e. The van der Waals surface area contributed by atoms with E-state index in [1.165, 1.54) is 4.90 Å². The van der Waals surface area contributed by atoms with Crippen molar-refractivity contribution in [2.75, 3.05) is 63.1 Å². The number of quaternary nitrogens is 1. The zero-order valence-electron chi connectivity index (χ0n) is 18.7. The number of carbonyl (C=O) groups excluding carboxylic acids is 2. The van der Waals surface area contributed by atoms with E-state index >= 15 is 0 Å².